The molecule has 2 saturated carbocycles. The molecule has 2 heteroatoms. The lowest BCUT2D eigenvalue weighted by Gasteiger charge is -2.20. The van der Waals surface area contributed by atoms with Crippen LogP contribution in [-0.2, 0) is 4.79 Å². The Bertz CT molecular complexity index is 528. The monoisotopic (exact) mass is 253 g/mol. The third-order valence-corrected chi connectivity index (χ3v) is 4.65. The summed E-state index contributed by atoms with van der Waals surface area (Å²) in [5.74, 6) is 5.02. The van der Waals surface area contributed by atoms with Gasteiger partial charge in [0.15, 0.2) is 0 Å². The van der Waals surface area contributed by atoms with E-state index in [9.17, 15) is 4.79 Å². The summed E-state index contributed by atoms with van der Waals surface area (Å²) in [5.41, 5.74) is 1.61. The van der Waals surface area contributed by atoms with Crippen LogP contribution in [0.5, 0.6) is 0 Å². The van der Waals surface area contributed by atoms with Crippen molar-refractivity contribution < 1.29 is 4.79 Å². The Hall–Kier alpha value is -1.75. The molecular weight excluding hydrogens is 234 g/mol. The van der Waals surface area contributed by atoms with Gasteiger partial charge in [0, 0.05) is 17.7 Å². The molecule has 98 valence electrons. The van der Waals surface area contributed by atoms with E-state index >= 15 is 0 Å². The predicted octanol–water partition coefficient (Wildman–Crippen LogP) is 3.43. The second-order valence-electron chi connectivity index (χ2n) is 5.91. The lowest BCUT2D eigenvalue weighted by Crippen LogP contribution is -2.20. The topological polar surface area (TPSA) is 29.1 Å². The highest BCUT2D eigenvalue weighted by atomic mass is 16.1. The van der Waals surface area contributed by atoms with E-state index in [0.717, 1.165) is 23.1 Å². The number of carbonyl (C=O) groups excluding carboxylic acids is 1. The summed E-state index contributed by atoms with van der Waals surface area (Å²) in [7, 11) is 0. The first-order chi connectivity index (χ1) is 9.24. The van der Waals surface area contributed by atoms with Gasteiger partial charge in [-0.15, -0.1) is 6.42 Å². The standard InChI is InChI=1S/C17H19NO/c1-2-12-4-3-5-16(10-12)18-17(19)11-15-9-13-6-7-14(15)8-13/h1,3-5,10,13-15H,6-9,11H2,(H,18,19). The Kier molecular flexibility index (Phi) is 3.29. The summed E-state index contributed by atoms with van der Waals surface area (Å²) in [6, 6.07) is 7.48. The van der Waals surface area contributed by atoms with Gasteiger partial charge in [-0.1, -0.05) is 18.4 Å². The number of rotatable bonds is 3. The Morgan fingerprint density at radius 3 is 2.95 bits per heavy atom. The molecule has 0 aromatic heterocycles. The molecule has 1 aromatic rings. The molecule has 3 unspecified atom stereocenters. The molecule has 3 atom stereocenters. The number of carbonyl (C=O) groups is 1. The first kappa shape index (κ1) is 12.3. The van der Waals surface area contributed by atoms with E-state index in [-0.39, 0.29) is 5.91 Å². The second-order valence-corrected chi connectivity index (χ2v) is 5.91. The van der Waals surface area contributed by atoms with Crippen molar-refractivity contribution in [3.05, 3.63) is 29.8 Å². The number of anilines is 1. The van der Waals surface area contributed by atoms with Crippen LogP contribution >= 0.6 is 0 Å². The van der Waals surface area contributed by atoms with Gasteiger partial charge in [-0.3, -0.25) is 4.79 Å². The minimum absolute atomic E-state index is 0.131. The molecule has 2 aliphatic carbocycles. The summed E-state index contributed by atoms with van der Waals surface area (Å²) in [6.45, 7) is 0. The fourth-order valence-electron chi connectivity index (χ4n) is 3.76. The molecule has 19 heavy (non-hydrogen) atoms. The highest BCUT2D eigenvalue weighted by Crippen LogP contribution is 2.49. The second kappa shape index (κ2) is 5.09. The third-order valence-electron chi connectivity index (χ3n) is 4.65. The molecule has 2 nitrogen and oxygen atoms in total. The highest BCUT2D eigenvalue weighted by molar-refractivity contribution is 5.91. The molecule has 2 bridgehead atoms. The zero-order valence-corrected chi connectivity index (χ0v) is 11.1. The molecule has 0 spiro atoms. The van der Waals surface area contributed by atoms with E-state index in [4.69, 9.17) is 6.42 Å². The van der Waals surface area contributed by atoms with Crippen LogP contribution in [0.3, 0.4) is 0 Å². The van der Waals surface area contributed by atoms with Crippen molar-refractivity contribution >= 4 is 11.6 Å². The van der Waals surface area contributed by atoms with Gasteiger partial charge in [0.25, 0.3) is 0 Å². The summed E-state index contributed by atoms with van der Waals surface area (Å²) in [5, 5.41) is 2.97. The van der Waals surface area contributed by atoms with E-state index in [1.54, 1.807) is 0 Å². The van der Waals surface area contributed by atoms with Gasteiger partial charge in [-0.25, -0.2) is 0 Å². The van der Waals surface area contributed by atoms with E-state index < -0.39 is 0 Å². The molecular formula is C17H19NO. The van der Waals surface area contributed by atoms with Crippen LogP contribution < -0.4 is 5.32 Å². The Balaban J connectivity index is 1.58. The number of hydrogen-bond acceptors (Lipinski definition) is 1. The Morgan fingerprint density at radius 2 is 2.26 bits per heavy atom. The van der Waals surface area contributed by atoms with Gasteiger partial charge in [-0.05, 0) is 55.2 Å². The SMILES string of the molecule is C#Cc1cccc(NC(=O)CC2CC3CCC2C3)c1. The normalized spacial score (nSPS) is 28.1. The maximum absolute atomic E-state index is 12.1. The fourth-order valence-corrected chi connectivity index (χ4v) is 3.76. The molecule has 0 aliphatic heterocycles. The number of terminal acetylenes is 1. The van der Waals surface area contributed by atoms with Crippen LogP contribution in [0.4, 0.5) is 5.69 Å². The molecule has 2 aliphatic rings. The molecule has 3 rings (SSSR count). The zero-order chi connectivity index (χ0) is 13.2. The van der Waals surface area contributed by atoms with Crippen LogP contribution in [0, 0.1) is 30.1 Å². The van der Waals surface area contributed by atoms with E-state index in [2.05, 4.69) is 11.2 Å². The zero-order valence-electron chi connectivity index (χ0n) is 11.1. The maximum atomic E-state index is 12.1. The molecule has 0 saturated heterocycles. The third kappa shape index (κ3) is 2.66. The number of amides is 1. The molecule has 1 aromatic carbocycles. The lowest BCUT2D eigenvalue weighted by atomic mass is 9.86. The van der Waals surface area contributed by atoms with Crippen molar-refractivity contribution in [2.45, 2.75) is 32.1 Å². The quantitative estimate of drug-likeness (QED) is 0.821. The summed E-state index contributed by atoms with van der Waals surface area (Å²) >= 11 is 0. The number of nitrogens with one attached hydrogen (secondary N) is 1. The Labute approximate surface area is 114 Å². The van der Waals surface area contributed by atoms with E-state index in [1.165, 1.54) is 25.7 Å². The van der Waals surface area contributed by atoms with Gasteiger partial charge in [0.05, 0.1) is 0 Å². The molecule has 0 heterocycles. The Morgan fingerprint density at radius 1 is 1.37 bits per heavy atom. The minimum atomic E-state index is 0.131. The first-order valence-electron chi connectivity index (χ1n) is 7.11. The summed E-state index contributed by atoms with van der Waals surface area (Å²) in [6.07, 6.45) is 11.3. The summed E-state index contributed by atoms with van der Waals surface area (Å²) < 4.78 is 0. The van der Waals surface area contributed by atoms with Crippen LogP contribution in [0.25, 0.3) is 0 Å². The highest BCUT2D eigenvalue weighted by Gasteiger charge is 2.40. The van der Waals surface area contributed by atoms with Gasteiger partial charge < -0.3 is 5.32 Å². The van der Waals surface area contributed by atoms with Crippen LogP contribution in [-0.4, -0.2) is 5.91 Å². The van der Waals surface area contributed by atoms with E-state index in [0.29, 0.717) is 12.3 Å². The van der Waals surface area contributed by atoms with Crippen molar-refractivity contribution in [3.8, 4) is 12.3 Å². The fraction of sp³-hybridized carbons (Fsp3) is 0.471. The van der Waals surface area contributed by atoms with E-state index in [1.807, 2.05) is 24.3 Å². The van der Waals surface area contributed by atoms with Crippen molar-refractivity contribution in [3.63, 3.8) is 0 Å². The largest absolute Gasteiger partial charge is 0.326 e. The maximum Gasteiger partial charge on any atom is 0.224 e. The van der Waals surface area contributed by atoms with Crippen molar-refractivity contribution in [2.75, 3.05) is 5.32 Å². The summed E-state index contributed by atoms with van der Waals surface area (Å²) in [4.78, 5) is 12.1. The molecule has 2 fully saturated rings. The van der Waals surface area contributed by atoms with Crippen molar-refractivity contribution in [1.82, 2.24) is 0 Å². The molecule has 1 amide bonds. The van der Waals surface area contributed by atoms with Gasteiger partial charge in [0.2, 0.25) is 5.91 Å². The van der Waals surface area contributed by atoms with Gasteiger partial charge >= 0.3 is 0 Å². The van der Waals surface area contributed by atoms with Crippen LogP contribution in [0.1, 0.15) is 37.7 Å². The number of fused-ring (bicyclic) bond motifs is 2. The molecule has 0 radical (unpaired) electrons. The van der Waals surface area contributed by atoms with Gasteiger partial charge in [0.1, 0.15) is 0 Å². The van der Waals surface area contributed by atoms with Crippen molar-refractivity contribution in [1.29, 1.82) is 0 Å². The lowest BCUT2D eigenvalue weighted by molar-refractivity contribution is -0.117. The van der Waals surface area contributed by atoms with Gasteiger partial charge in [-0.2, -0.15) is 0 Å². The average molecular weight is 253 g/mol. The van der Waals surface area contributed by atoms with Crippen LogP contribution in [0.15, 0.2) is 24.3 Å². The average Bonchev–Trinajstić information content (AvgIpc) is 3.01. The number of benzene rings is 1. The predicted molar refractivity (Wildman–Crippen MR) is 76.6 cm³/mol. The minimum Gasteiger partial charge on any atom is -0.326 e. The van der Waals surface area contributed by atoms with Crippen LogP contribution in [0.2, 0.25) is 0 Å². The smallest absolute Gasteiger partial charge is 0.224 e. The first-order valence-corrected chi connectivity index (χ1v) is 7.11. The number of hydrogen-bond donors (Lipinski definition) is 1. The molecule has 1 N–H and O–H groups in total. The van der Waals surface area contributed by atoms with Crippen molar-refractivity contribution in [2.24, 2.45) is 17.8 Å².